The molecule has 1 aromatic heterocycles. The number of rotatable bonds is 12. The van der Waals surface area contributed by atoms with Gasteiger partial charge in [-0.3, -0.25) is 10.2 Å². The van der Waals surface area contributed by atoms with Gasteiger partial charge in [-0.2, -0.15) is 13.2 Å². The van der Waals surface area contributed by atoms with Crippen LogP contribution in [-0.2, 0) is 19.4 Å². The van der Waals surface area contributed by atoms with Gasteiger partial charge in [0.05, 0.1) is 21.3 Å². The van der Waals surface area contributed by atoms with Gasteiger partial charge in [0.2, 0.25) is 0 Å². The van der Waals surface area contributed by atoms with Gasteiger partial charge in [0, 0.05) is 18.5 Å². The molecule has 1 aromatic carbocycles. The number of sulfone groups is 1. The second-order valence-electron chi connectivity index (χ2n) is 7.75. The first-order valence-electron chi connectivity index (χ1n) is 11.0. The maximum absolute atomic E-state index is 13.2. The third-order valence-corrected chi connectivity index (χ3v) is 6.71. The topological polar surface area (TPSA) is 115 Å². The Labute approximate surface area is 212 Å². The van der Waals surface area contributed by atoms with Crippen LogP contribution in [0.25, 0.3) is 17.0 Å². The zero-order valence-corrected chi connectivity index (χ0v) is 21.6. The van der Waals surface area contributed by atoms with Crippen LogP contribution in [-0.4, -0.2) is 75.2 Å². The van der Waals surface area contributed by atoms with Crippen LogP contribution < -0.4 is 5.32 Å². The first-order valence-corrected chi connectivity index (χ1v) is 13.2. The lowest BCUT2D eigenvalue weighted by Crippen LogP contribution is -2.31. The number of likely N-dealkylation sites (N-methyl/N-ethyl adjacent to an activating group) is 1. The van der Waals surface area contributed by atoms with Crippen molar-refractivity contribution < 1.29 is 31.1 Å². The number of carbonyl (C=O) groups is 1. The van der Waals surface area contributed by atoms with Gasteiger partial charge in [-0.25, -0.2) is 8.42 Å². The van der Waals surface area contributed by atoms with Gasteiger partial charge in [0.1, 0.15) is 13.2 Å². The van der Waals surface area contributed by atoms with Crippen molar-refractivity contribution in [2.75, 3.05) is 39.0 Å². The normalized spacial score (nSPS) is 12.9. The van der Waals surface area contributed by atoms with E-state index in [9.17, 15) is 26.4 Å². The molecular formula is C23H28ClF3N4O4S. The van der Waals surface area contributed by atoms with Crippen molar-refractivity contribution in [2.24, 2.45) is 0 Å². The Morgan fingerprint density at radius 1 is 1.19 bits per heavy atom. The lowest BCUT2D eigenvalue weighted by molar-refractivity contribution is -0.142. The largest absolute Gasteiger partial charge is 0.463 e. The Balaban J connectivity index is 2.30. The predicted molar refractivity (Wildman–Crippen MR) is 133 cm³/mol. The van der Waals surface area contributed by atoms with Crippen LogP contribution >= 0.6 is 11.6 Å². The number of ether oxygens (including phenoxy) is 1. The number of hydrogen-bond donors (Lipinski definition) is 3. The Morgan fingerprint density at radius 3 is 2.44 bits per heavy atom. The summed E-state index contributed by atoms with van der Waals surface area (Å²) in [6.07, 6.45) is -3.96. The van der Waals surface area contributed by atoms with Gasteiger partial charge in [0.25, 0.3) is 0 Å². The highest BCUT2D eigenvalue weighted by atomic mass is 35.5. The zero-order valence-electron chi connectivity index (χ0n) is 20.0. The van der Waals surface area contributed by atoms with E-state index in [1.807, 2.05) is 18.7 Å². The highest BCUT2D eigenvalue weighted by Crippen LogP contribution is 2.30. The van der Waals surface area contributed by atoms with E-state index < -0.39 is 39.3 Å². The molecule has 0 bridgehead atoms. The van der Waals surface area contributed by atoms with Gasteiger partial charge in [0.15, 0.2) is 15.5 Å². The minimum absolute atomic E-state index is 0.0599. The molecule has 3 N–H and O–H groups in total. The van der Waals surface area contributed by atoms with Crippen LogP contribution in [0.5, 0.6) is 0 Å². The summed E-state index contributed by atoms with van der Waals surface area (Å²) in [5.74, 6) is -0.713. The quantitative estimate of drug-likeness (QED) is 0.272. The van der Waals surface area contributed by atoms with Crippen LogP contribution in [0.4, 0.5) is 13.2 Å². The number of benzene rings is 1. The molecule has 0 aliphatic heterocycles. The molecule has 198 valence electrons. The summed E-state index contributed by atoms with van der Waals surface area (Å²) < 4.78 is 68.4. The number of H-pyrrole nitrogens is 1. The smallest absolute Gasteiger partial charge is 0.434 e. The van der Waals surface area contributed by atoms with Crippen LogP contribution in [0, 0.1) is 5.41 Å². The number of hydrogen-bond acceptors (Lipinski definition) is 7. The molecule has 0 spiro atoms. The minimum Gasteiger partial charge on any atom is -0.463 e. The zero-order chi connectivity index (χ0) is 27.1. The predicted octanol–water partition coefficient (Wildman–Crippen LogP) is 4.05. The highest BCUT2D eigenvalue weighted by Gasteiger charge is 2.38. The van der Waals surface area contributed by atoms with Crippen molar-refractivity contribution in [3.63, 3.8) is 0 Å². The molecule has 0 fully saturated rings. The molecule has 0 aliphatic rings. The second-order valence-corrected chi connectivity index (χ2v) is 10.1. The Bertz CT molecular complexity index is 1220. The first-order chi connectivity index (χ1) is 16.8. The number of esters is 1. The number of halogens is 4. The average molecular weight is 549 g/mol. The standard InChI is InChI=1S/C23H28ClF3N4O4S/c1-4-31(5-2)11-12-35-19(32)14-29-21(20(24)22(28)23(25,26)27)18-10-9-17(30-18)15-7-6-8-16(13-15)36(3,33)34/h6-10,13,28-30H,4-5,11-12,14H2,1-3H3/b21-20+,28-22?. The van der Waals surface area contributed by atoms with E-state index in [4.69, 9.17) is 21.7 Å². The summed E-state index contributed by atoms with van der Waals surface area (Å²) in [6, 6.07) is 8.90. The van der Waals surface area contributed by atoms with Gasteiger partial charge in [-0.05, 0) is 42.9 Å². The Morgan fingerprint density at radius 2 is 1.86 bits per heavy atom. The van der Waals surface area contributed by atoms with Crippen LogP contribution in [0.2, 0.25) is 0 Å². The maximum atomic E-state index is 13.2. The van der Waals surface area contributed by atoms with E-state index in [2.05, 4.69) is 10.3 Å². The molecule has 0 saturated heterocycles. The second kappa shape index (κ2) is 12.4. The lowest BCUT2D eigenvalue weighted by Gasteiger charge is -2.18. The maximum Gasteiger partial charge on any atom is 0.434 e. The molecule has 13 heteroatoms. The number of alkyl halides is 3. The van der Waals surface area contributed by atoms with Crippen molar-refractivity contribution in [3.05, 3.63) is 47.1 Å². The van der Waals surface area contributed by atoms with E-state index in [0.29, 0.717) is 17.8 Å². The number of nitrogens with one attached hydrogen (secondary N) is 3. The molecule has 0 radical (unpaired) electrons. The van der Waals surface area contributed by atoms with Crippen LogP contribution in [0.1, 0.15) is 19.5 Å². The molecule has 0 unspecified atom stereocenters. The molecule has 0 atom stereocenters. The van der Waals surface area contributed by atoms with Gasteiger partial charge >= 0.3 is 12.1 Å². The van der Waals surface area contributed by atoms with E-state index in [1.165, 1.54) is 30.3 Å². The molecule has 1 heterocycles. The van der Waals surface area contributed by atoms with E-state index in [-0.39, 0.29) is 22.9 Å². The van der Waals surface area contributed by atoms with Crippen molar-refractivity contribution >= 4 is 38.8 Å². The minimum atomic E-state index is -5.02. The van der Waals surface area contributed by atoms with Crippen molar-refractivity contribution in [1.29, 1.82) is 5.41 Å². The Hall–Kier alpha value is -2.83. The van der Waals surface area contributed by atoms with Crippen LogP contribution in [0.15, 0.2) is 46.3 Å². The van der Waals surface area contributed by atoms with E-state index in [0.717, 1.165) is 19.3 Å². The molecule has 0 saturated carbocycles. The first kappa shape index (κ1) is 29.4. The van der Waals surface area contributed by atoms with Gasteiger partial charge < -0.3 is 19.9 Å². The molecule has 0 amide bonds. The molecule has 36 heavy (non-hydrogen) atoms. The fourth-order valence-corrected chi connectivity index (χ4v) is 4.13. The molecule has 2 aromatic rings. The fraction of sp³-hybridized carbons (Fsp3) is 0.391. The monoisotopic (exact) mass is 548 g/mol. The molecule has 8 nitrogen and oxygen atoms in total. The number of aromatic amines is 1. The third kappa shape index (κ3) is 8.10. The SMILES string of the molecule is CCN(CC)CCOC(=O)CN/C(=C(/Cl)C(=N)C(F)(F)F)c1ccc(-c2cccc(S(C)(=O)=O)c2)[nH]1. The molecule has 2 rings (SSSR count). The summed E-state index contributed by atoms with van der Waals surface area (Å²) in [5, 5.41) is 9.02. The molecule has 0 aliphatic carbocycles. The number of carbonyl (C=O) groups excluding carboxylic acids is 1. The van der Waals surface area contributed by atoms with Crippen molar-refractivity contribution in [3.8, 4) is 11.3 Å². The van der Waals surface area contributed by atoms with Crippen LogP contribution in [0.3, 0.4) is 0 Å². The number of allylic oxidation sites excluding steroid dienone is 1. The van der Waals surface area contributed by atoms with Crippen molar-refractivity contribution in [1.82, 2.24) is 15.2 Å². The van der Waals surface area contributed by atoms with Crippen molar-refractivity contribution in [2.45, 2.75) is 24.9 Å². The highest BCUT2D eigenvalue weighted by molar-refractivity contribution is 7.90. The third-order valence-electron chi connectivity index (χ3n) is 5.23. The van der Waals surface area contributed by atoms with Gasteiger partial charge in [-0.1, -0.05) is 37.6 Å². The Kier molecular flexibility index (Phi) is 10.1. The summed E-state index contributed by atoms with van der Waals surface area (Å²) >= 11 is 5.94. The van der Waals surface area contributed by atoms with E-state index in [1.54, 1.807) is 6.07 Å². The molecular weight excluding hydrogens is 521 g/mol. The summed E-state index contributed by atoms with van der Waals surface area (Å²) in [5.41, 5.74) is -1.22. The summed E-state index contributed by atoms with van der Waals surface area (Å²) in [6.45, 7) is 5.59. The fourth-order valence-electron chi connectivity index (χ4n) is 3.18. The van der Waals surface area contributed by atoms with E-state index >= 15 is 0 Å². The van der Waals surface area contributed by atoms with Gasteiger partial charge in [-0.15, -0.1) is 0 Å². The number of aromatic nitrogens is 1. The average Bonchev–Trinajstić information content (AvgIpc) is 3.30. The summed E-state index contributed by atoms with van der Waals surface area (Å²) in [7, 11) is -3.48. The lowest BCUT2D eigenvalue weighted by atomic mass is 10.2. The summed E-state index contributed by atoms with van der Waals surface area (Å²) in [4.78, 5) is 17.1. The number of nitrogens with zero attached hydrogens (tertiary/aromatic N) is 1.